The number of allylic oxidation sites excluding steroid dienone is 2. The molecule has 1 aromatic rings. The van der Waals surface area contributed by atoms with Crippen LogP contribution < -0.4 is 0 Å². The third kappa shape index (κ3) is 9.08. The first kappa shape index (κ1) is 29.0. The minimum absolute atomic E-state index is 0.0236. The summed E-state index contributed by atoms with van der Waals surface area (Å²) >= 11 is 0. The summed E-state index contributed by atoms with van der Waals surface area (Å²) < 4.78 is 5.50. The number of aliphatic hydroxyl groups is 1. The van der Waals surface area contributed by atoms with Crippen LogP contribution in [0.1, 0.15) is 33.6 Å². The molecule has 0 aromatic carbocycles. The first-order valence-corrected chi connectivity index (χ1v) is 17.3. The number of rotatable bonds is 11. The Hall–Kier alpha value is -2.18. The van der Waals surface area contributed by atoms with Crippen molar-refractivity contribution in [2.24, 2.45) is 10.4 Å². The molecule has 0 aliphatic heterocycles. The zero-order valence-corrected chi connectivity index (χ0v) is 23.6. The fourth-order valence-corrected chi connectivity index (χ4v) is 6.33. The molecule has 0 saturated carbocycles. The summed E-state index contributed by atoms with van der Waals surface area (Å²) in [6, 6.07) is 2.71. The number of aromatic nitrogens is 1. The van der Waals surface area contributed by atoms with Gasteiger partial charge in [0, 0.05) is 44.6 Å². The van der Waals surface area contributed by atoms with E-state index >= 15 is 0 Å². The molecule has 1 heterocycles. The Bertz CT molecular complexity index is 1040. The Balaban J connectivity index is 2.22. The van der Waals surface area contributed by atoms with Gasteiger partial charge in [-0.15, -0.1) is 0 Å². The zero-order chi connectivity index (χ0) is 26.4. The molecule has 12 heteroatoms. The Labute approximate surface area is 214 Å². The average molecular weight is 540 g/mol. The summed E-state index contributed by atoms with van der Waals surface area (Å²) in [6.07, 6.45) is 2.09. The van der Waals surface area contributed by atoms with Crippen LogP contribution in [-0.4, -0.2) is 59.0 Å². The number of Topliss-reactive ketones (excluding diaryl/α,β-unsaturated/α-hetero) is 1. The third-order valence-electron chi connectivity index (χ3n) is 5.24. The number of hydrogen-bond acceptors (Lipinski definition) is 10. The van der Waals surface area contributed by atoms with Crippen molar-refractivity contribution in [3.63, 3.8) is 0 Å². The maximum atomic E-state index is 12.9. The van der Waals surface area contributed by atoms with Crippen LogP contribution in [0, 0.1) is 15.5 Å². The summed E-state index contributed by atoms with van der Waals surface area (Å²) in [6.45, 7) is 12.2. The SMILES string of the molecule is CC(=N[C@@H](CSSc1ncccc1[N+](=O)[O-])C(=O)OCC[Si](C)(C)C)C1=C(O)CC(C)(C)CC1=O. The molecular weight excluding hydrogens is 506 g/mol. The van der Waals surface area contributed by atoms with Gasteiger partial charge < -0.3 is 9.84 Å². The number of carbonyl (C=O) groups excluding carboxylic acids is 2. The molecule has 0 radical (unpaired) electrons. The van der Waals surface area contributed by atoms with E-state index in [0.717, 1.165) is 16.8 Å². The standard InChI is InChI=1S/C23H33N3O6S2Si/c1-15(20-18(27)12-23(2,3)13-19(20)28)25-16(22(29)32-10-11-35(4,5)6)14-33-34-21-17(26(30)31)8-7-9-24-21/h7-9,16,27H,10-14H2,1-6H3/t16-/m0/s1. The molecule has 35 heavy (non-hydrogen) atoms. The number of aliphatic imine (C=N–C) groups is 1. The monoisotopic (exact) mass is 539 g/mol. The lowest BCUT2D eigenvalue weighted by atomic mass is 9.76. The molecule has 0 fully saturated rings. The molecule has 1 N–H and O–H groups in total. The molecule has 9 nitrogen and oxygen atoms in total. The molecule has 1 aliphatic rings. The van der Waals surface area contributed by atoms with E-state index in [-0.39, 0.29) is 57.7 Å². The predicted molar refractivity (Wildman–Crippen MR) is 143 cm³/mol. The number of nitrogens with zero attached hydrogens (tertiary/aromatic N) is 3. The molecule has 0 bridgehead atoms. The largest absolute Gasteiger partial charge is 0.511 e. The van der Waals surface area contributed by atoms with Gasteiger partial charge in [-0.1, -0.05) is 44.3 Å². The third-order valence-corrected chi connectivity index (χ3v) is 9.23. The van der Waals surface area contributed by atoms with Gasteiger partial charge in [0.25, 0.3) is 0 Å². The molecule has 2 rings (SSSR count). The Morgan fingerprint density at radius 2 is 2.06 bits per heavy atom. The van der Waals surface area contributed by atoms with E-state index in [1.54, 1.807) is 6.92 Å². The van der Waals surface area contributed by atoms with Gasteiger partial charge in [-0.3, -0.25) is 19.9 Å². The Kier molecular flexibility index (Phi) is 10.1. The summed E-state index contributed by atoms with van der Waals surface area (Å²) in [4.78, 5) is 44.9. The smallest absolute Gasteiger partial charge is 0.331 e. The minimum Gasteiger partial charge on any atom is -0.511 e. The van der Waals surface area contributed by atoms with Gasteiger partial charge in [-0.2, -0.15) is 0 Å². The summed E-state index contributed by atoms with van der Waals surface area (Å²) in [5, 5.41) is 22.0. The van der Waals surface area contributed by atoms with Crippen molar-refractivity contribution in [3.8, 4) is 0 Å². The van der Waals surface area contributed by atoms with Crippen LogP contribution in [0.15, 0.2) is 39.7 Å². The van der Waals surface area contributed by atoms with Crippen molar-refractivity contribution in [1.29, 1.82) is 0 Å². The number of pyridine rings is 1. The van der Waals surface area contributed by atoms with E-state index in [1.807, 2.05) is 13.8 Å². The molecule has 0 amide bonds. The van der Waals surface area contributed by atoms with E-state index in [9.17, 15) is 24.8 Å². The fraction of sp³-hybridized carbons (Fsp3) is 0.565. The first-order valence-electron chi connectivity index (χ1n) is 11.3. The second-order valence-corrected chi connectivity index (χ2v) is 18.4. The van der Waals surface area contributed by atoms with Crippen LogP contribution in [-0.2, 0) is 14.3 Å². The van der Waals surface area contributed by atoms with Crippen LogP contribution in [0.25, 0.3) is 0 Å². The number of carbonyl (C=O) groups is 2. The van der Waals surface area contributed by atoms with Crippen LogP contribution in [0.3, 0.4) is 0 Å². The van der Waals surface area contributed by atoms with Crippen molar-refractivity contribution in [2.45, 2.75) is 70.4 Å². The Morgan fingerprint density at radius 3 is 2.66 bits per heavy atom. The van der Waals surface area contributed by atoms with Gasteiger partial charge in [0.15, 0.2) is 16.9 Å². The second kappa shape index (κ2) is 12.2. The highest BCUT2D eigenvalue weighted by Crippen LogP contribution is 2.37. The van der Waals surface area contributed by atoms with E-state index in [2.05, 4.69) is 29.6 Å². The van der Waals surface area contributed by atoms with E-state index < -0.39 is 25.0 Å². The van der Waals surface area contributed by atoms with Crippen molar-refractivity contribution in [3.05, 3.63) is 39.8 Å². The number of nitro groups is 1. The topological polar surface area (TPSA) is 132 Å². The molecule has 1 aliphatic carbocycles. The lowest BCUT2D eigenvalue weighted by molar-refractivity contribution is -0.388. The second-order valence-electron chi connectivity index (χ2n) is 10.4. The quantitative estimate of drug-likeness (QED) is 0.0947. The normalized spacial score (nSPS) is 17.3. The van der Waals surface area contributed by atoms with Crippen LogP contribution in [0.2, 0.25) is 25.7 Å². The Morgan fingerprint density at radius 1 is 1.37 bits per heavy atom. The van der Waals surface area contributed by atoms with Gasteiger partial charge in [0.05, 0.1) is 17.1 Å². The van der Waals surface area contributed by atoms with Crippen LogP contribution >= 0.6 is 21.6 Å². The maximum absolute atomic E-state index is 12.9. The van der Waals surface area contributed by atoms with Crippen LogP contribution in [0.5, 0.6) is 0 Å². The van der Waals surface area contributed by atoms with Gasteiger partial charge >= 0.3 is 11.7 Å². The molecular formula is C23H33N3O6S2Si. The van der Waals surface area contributed by atoms with Crippen molar-refractivity contribution >= 4 is 52.8 Å². The molecule has 192 valence electrons. The molecule has 0 saturated heterocycles. The number of hydrogen-bond donors (Lipinski definition) is 1. The molecule has 1 aromatic heterocycles. The molecule has 0 spiro atoms. The van der Waals surface area contributed by atoms with Crippen molar-refractivity contribution in [2.75, 3.05) is 12.4 Å². The summed E-state index contributed by atoms with van der Waals surface area (Å²) in [7, 11) is 0.853. The fourth-order valence-electron chi connectivity index (χ4n) is 3.45. The van der Waals surface area contributed by atoms with E-state index in [0.29, 0.717) is 6.42 Å². The minimum atomic E-state index is -1.42. The van der Waals surface area contributed by atoms with Gasteiger partial charge in [-0.25, -0.2) is 9.78 Å². The van der Waals surface area contributed by atoms with Crippen molar-refractivity contribution < 1.29 is 24.4 Å². The predicted octanol–water partition coefficient (Wildman–Crippen LogP) is 5.64. The highest BCUT2D eigenvalue weighted by Gasteiger charge is 2.34. The van der Waals surface area contributed by atoms with Gasteiger partial charge in [0.2, 0.25) is 0 Å². The maximum Gasteiger partial charge on any atom is 0.331 e. The number of esters is 1. The van der Waals surface area contributed by atoms with Gasteiger partial charge in [0.1, 0.15) is 5.76 Å². The number of ketones is 1. The van der Waals surface area contributed by atoms with E-state index in [1.165, 1.54) is 29.1 Å². The van der Waals surface area contributed by atoms with Crippen molar-refractivity contribution in [1.82, 2.24) is 4.98 Å². The first-order chi connectivity index (χ1) is 16.2. The highest BCUT2D eigenvalue weighted by atomic mass is 33.1. The molecule has 0 unspecified atom stereocenters. The number of ether oxygens (including phenoxy) is 1. The lowest BCUT2D eigenvalue weighted by Crippen LogP contribution is -2.31. The van der Waals surface area contributed by atoms with E-state index in [4.69, 9.17) is 4.74 Å². The summed E-state index contributed by atoms with van der Waals surface area (Å²) in [5.41, 5.74) is -0.0273. The van der Waals surface area contributed by atoms with Crippen LogP contribution in [0.4, 0.5) is 5.69 Å². The van der Waals surface area contributed by atoms with Gasteiger partial charge in [-0.05, 0) is 35.2 Å². The molecule has 1 atom stereocenters. The number of aliphatic hydroxyl groups excluding tert-OH is 1. The summed E-state index contributed by atoms with van der Waals surface area (Å²) in [5.74, 6) is -0.619. The average Bonchev–Trinajstić information content (AvgIpc) is 2.70. The lowest BCUT2D eigenvalue weighted by Gasteiger charge is -2.29. The highest BCUT2D eigenvalue weighted by molar-refractivity contribution is 8.76. The zero-order valence-electron chi connectivity index (χ0n) is 21.0.